The first-order valence-corrected chi connectivity index (χ1v) is 7.54. The van der Waals surface area contributed by atoms with Crippen LogP contribution in [0, 0.1) is 0 Å². The number of sulfonamides is 1. The lowest BCUT2D eigenvalue weighted by molar-refractivity contribution is 0.0689. The van der Waals surface area contributed by atoms with Crippen molar-refractivity contribution in [1.82, 2.24) is 4.72 Å². The Morgan fingerprint density at radius 2 is 1.76 bits per heavy atom. The van der Waals surface area contributed by atoms with Gasteiger partial charge in [0.1, 0.15) is 16.2 Å². The molecule has 0 aliphatic carbocycles. The molecule has 0 aliphatic heterocycles. The van der Waals surface area contributed by atoms with Crippen molar-refractivity contribution in [1.29, 1.82) is 0 Å². The fraction of sp³-hybridized carbons (Fsp3) is 0.462. The Hall–Kier alpha value is -1.80. The van der Waals surface area contributed by atoms with Crippen molar-refractivity contribution >= 4 is 16.0 Å². The second-order valence-electron chi connectivity index (χ2n) is 5.33. The molecule has 0 saturated carbocycles. The molecule has 0 aliphatic rings. The maximum Gasteiger partial charge on any atom is 0.343 e. The summed E-state index contributed by atoms with van der Waals surface area (Å²) in [6.07, 6.45) is 0. The van der Waals surface area contributed by atoms with Gasteiger partial charge in [-0.25, -0.2) is 17.9 Å². The first-order valence-electron chi connectivity index (χ1n) is 6.05. The number of carboxylic acids is 1. The summed E-state index contributed by atoms with van der Waals surface area (Å²) in [5, 5.41) is 9.26. The van der Waals surface area contributed by atoms with Crippen LogP contribution in [-0.2, 0) is 10.0 Å². The van der Waals surface area contributed by atoms with Crippen molar-refractivity contribution in [2.24, 2.45) is 0 Å². The predicted molar refractivity (Wildman–Crippen MR) is 76.6 cm³/mol. The number of nitrogens with one attached hydrogen (secondary N) is 1. The van der Waals surface area contributed by atoms with Gasteiger partial charge in [0.05, 0.1) is 14.2 Å². The van der Waals surface area contributed by atoms with Crippen molar-refractivity contribution in [3.05, 3.63) is 17.7 Å². The lowest BCUT2D eigenvalue weighted by Crippen LogP contribution is -2.40. The number of carboxylic acid groups (broad SMARTS) is 1. The van der Waals surface area contributed by atoms with E-state index in [1.807, 2.05) is 0 Å². The van der Waals surface area contributed by atoms with Crippen LogP contribution in [0.25, 0.3) is 0 Å². The molecule has 0 spiro atoms. The fourth-order valence-corrected chi connectivity index (χ4v) is 3.38. The number of ether oxygens (including phenoxy) is 2. The van der Waals surface area contributed by atoms with E-state index in [1.165, 1.54) is 26.4 Å². The van der Waals surface area contributed by atoms with Gasteiger partial charge in [0, 0.05) is 5.54 Å². The average molecular weight is 317 g/mol. The minimum atomic E-state index is -3.94. The van der Waals surface area contributed by atoms with Gasteiger partial charge < -0.3 is 14.6 Å². The highest BCUT2D eigenvalue weighted by molar-refractivity contribution is 7.89. The number of carbonyl (C=O) groups is 1. The summed E-state index contributed by atoms with van der Waals surface area (Å²) in [5.74, 6) is -1.58. The maximum absolute atomic E-state index is 12.4. The van der Waals surface area contributed by atoms with Crippen LogP contribution >= 0.6 is 0 Å². The molecule has 2 N–H and O–H groups in total. The molecule has 118 valence electrons. The summed E-state index contributed by atoms with van der Waals surface area (Å²) in [6, 6.07) is 2.53. The van der Waals surface area contributed by atoms with Crippen LogP contribution in [0.4, 0.5) is 0 Å². The van der Waals surface area contributed by atoms with Gasteiger partial charge in [-0.3, -0.25) is 0 Å². The van der Waals surface area contributed by atoms with E-state index >= 15 is 0 Å². The van der Waals surface area contributed by atoms with Gasteiger partial charge in [0.2, 0.25) is 10.0 Å². The molecule has 0 saturated heterocycles. The van der Waals surface area contributed by atoms with E-state index in [0.29, 0.717) is 0 Å². The van der Waals surface area contributed by atoms with Crippen molar-refractivity contribution in [2.45, 2.75) is 31.2 Å². The molecular weight excluding hydrogens is 298 g/mol. The maximum atomic E-state index is 12.4. The molecule has 0 bridgehead atoms. The van der Waals surface area contributed by atoms with Crippen LogP contribution < -0.4 is 14.2 Å². The minimum absolute atomic E-state index is 0.0223. The van der Waals surface area contributed by atoms with Crippen LogP contribution in [0.2, 0.25) is 0 Å². The molecule has 1 aromatic carbocycles. The summed E-state index contributed by atoms with van der Waals surface area (Å²) in [6.45, 7) is 5.04. The van der Waals surface area contributed by atoms with Crippen LogP contribution in [-0.4, -0.2) is 39.3 Å². The van der Waals surface area contributed by atoms with Gasteiger partial charge in [-0.15, -0.1) is 0 Å². The zero-order valence-corrected chi connectivity index (χ0v) is 13.4. The summed E-state index contributed by atoms with van der Waals surface area (Å²) < 4.78 is 37.1. The molecule has 0 aromatic heterocycles. The quantitative estimate of drug-likeness (QED) is 0.853. The Kier molecular flexibility index (Phi) is 4.85. The summed E-state index contributed by atoms with van der Waals surface area (Å²) in [7, 11) is -1.44. The Bertz CT molecular complexity index is 645. The van der Waals surface area contributed by atoms with Gasteiger partial charge >= 0.3 is 5.97 Å². The number of methoxy groups -OCH3 is 2. The highest BCUT2D eigenvalue weighted by Crippen LogP contribution is 2.35. The zero-order valence-electron chi connectivity index (χ0n) is 12.6. The van der Waals surface area contributed by atoms with E-state index in [9.17, 15) is 18.3 Å². The smallest absolute Gasteiger partial charge is 0.343 e. The first-order chi connectivity index (χ1) is 9.53. The third kappa shape index (κ3) is 3.85. The van der Waals surface area contributed by atoms with E-state index in [2.05, 4.69) is 4.72 Å². The monoisotopic (exact) mass is 317 g/mol. The Labute approximate surface area is 123 Å². The van der Waals surface area contributed by atoms with Crippen LogP contribution in [0.15, 0.2) is 17.0 Å². The zero-order chi connectivity index (χ0) is 16.4. The number of aromatic carboxylic acids is 1. The molecule has 0 unspecified atom stereocenters. The van der Waals surface area contributed by atoms with Crippen LogP contribution in [0.1, 0.15) is 31.1 Å². The van der Waals surface area contributed by atoms with Gasteiger partial charge in [-0.05, 0) is 32.9 Å². The van der Waals surface area contributed by atoms with Gasteiger partial charge in [0.25, 0.3) is 0 Å². The summed E-state index contributed by atoms with van der Waals surface area (Å²) in [5.41, 5.74) is -1.05. The average Bonchev–Trinajstić information content (AvgIpc) is 2.33. The van der Waals surface area contributed by atoms with E-state index < -0.39 is 21.5 Å². The largest absolute Gasteiger partial charge is 0.496 e. The topological polar surface area (TPSA) is 102 Å². The van der Waals surface area contributed by atoms with E-state index in [-0.39, 0.29) is 22.0 Å². The molecule has 7 nitrogen and oxygen atoms in total. The Morgan fingerprint density at radius 1 is 1.19 bits per heavy atom. The number of rotatable bonds is 5. The van der Waals surface area contributed by atoms with Crippen molar-refractivity contribution in [3.8, 4) is 11.5 Å². The van der Waals surface area contributed by atoms with Gasteiger partial charge in [-0.2, -0.15) is 0 Å². The van der Waals surface area contributed by atoms with Gasteiger partial charge in [-0.1, -0.05) is 0 Å². The van der Waals surface area contributed by atoms with Crippen molar-refractivity contribution in [3.63, 3.8) is 0 Å². The van der Waals surface area contributed by atoms with Crippen molar-refractivity contribution in [2.75, 3.05) is 14.2 Å². The van der Waals surface area contributed by atoms with Gasteiger partial charge in [0.15, 0.2) is 5.75 Å². The Morgan fingerprint density at radius 3 is 2.14 bits per heavy atom. The molecule has 1 rings (SSSR count). The summed E-state index contributed by atoms with van der Waals surface area (Å²) in [4.78, 5) is 11.1. The van der Waals surface area contributed by atoms with E-state index in [4.69, 9.17) is 9.47 Å². The molecule has 0 atom stereocenters. The molecule has 0 amide bonds. The SMILES string of the molecule is COc1ccc(S(=O)(=O)NC(C)(C)C)c(OC)c1C(=O)O. The molecule has 21 heavy (non-hydrogen) atoms. The minimum Gasteiger partial charge on any atom is -0.496 e. The fourth-order valence-electron chi connectivity index (χ4n) is 1.79. The van der Waals surface area contributed by atoms with Crippen molar-refractivity contribution < 1.29 is 27.8 Å². The number of hydrogen-bond acceptors (Lipinski definition) is 5. The predicted octanol–water partition coefficient (Wildman–Crippen LogP) is 1.48. The second kappa shape index (κ2) is 5.90. The molecule has 8 heteroatoms. The molecular formula is C13H19NO6S. The highest BCUT2D eigenvalue weighted by Gasteiger charge is 2.30. The van der Waals surface area contributed by atoms with Crippen LogP contribution in [0.3, 0.4) is 0 Å². The summed E-state index contributed by atoms with van der Waals surface area (Å²) >= 11 is 0. The highest BCUT2D eigenvalue weighted by atomic mass is 32.2. The first kappa shape index (κ1) is 17.3. The lowest BCUT2D eigenvalue weighted by atomic mass is 10.1. The number of hydrogen-bond donors (Lipinski definition) is 2. The third-order valence-corrected chi connectivity index (χ3v) is 4.23. The standard InChI is InChI=1S/C13H19NO6S/c1-13(2,3)14-21(17,18)9-7-6-8(19-4)10(12(15)16)11(9)20-5/h6-7,14H,1-5H3,(H,15,16). The molecule has 0 heterocycles. The molecule has 1 aromatic rings. The molecule has 0 fully saturated rings. The molecule has 0 radical (unpaired) electrons. The van der Waals surface area contributed by atoms with E-state index in [0.717, 1.165) is 0 Å². The normalized spacial score (nSPS) is 12.0. The second-order valence-corrected chi connectivity index (χ2v) is 6.99. The van der Waals surface area contributed by atoms with Crippen LogP contribution in [0.5, 0.6) is 11.5 Å². The lowest BCUT2D eigenvalue weighted by Gasteiger charge is -2.22. The van der Waals surface area contributed by atoms with E-state index in [1.54, 1.807) is 20.8 Å². The number of benzene rings is 1. The Balaban J connectivity index is 3.59. The third-order valence-electron chi connectivity index (χ3n) is 2.45.